The molecule has 0 aliphatic heterocycles. The van der Waals surface area contributed by atoms with E-state index in [0.717, 1.165) is 11.1 Å². The minimum absolute atomic E-state index is 0.124. The number of halogens is 1. The summed E-state index contributed by atoms with van der Waals surface area (Å²) in [6.45, 7) is 8.49. The molecule has 0 aliphatic carbocycles. The van der Waals surface area contributed by atoms with Crippen molar-refractivity contribution in [1.82, 2.24) is 0 Å². The van der Waals surface area contributed by atoms with Gasteiger partial charge in [-0.15, -0.1) is 11.6 Å². The first-order valence-electron chi connectivity index (χ1n) is 5.56. The molecular formula is C14H19ClO. The third-order valence-corrected chi connectivity index (χ3v) is 2.90. The maximum atomic E-state index is 11.7. The molecule has 0 fully saturated rings. The highest BCUT2D eigenvalue weighted by Crippen LogP contribution is 2.24. The number of rotatable bonds is 3. The van der Waals surface area contributed by atoms with Crippen molar-refractivity contribution in [3.8, 4) is 0 Å². The molecule has 0 radical (unpaired) electrons. The number of hydrogen-bond donors (Lipinski definition) is 0. The number of carbonyl (C=O) groups excluding carboxylic acids is 1. The molecule has 1 nitrogen and oxygen atoms in total. The molecule has 1 aromatic rings. The van der Waals surface area contributed by atoms with Crippen molar-refractivity contribution in [2.45, 2.75) is 39.5 Å². The van der Waals surface area contributed by atoms with Gasteiger partial charge >= 0.3 is 0 Å². The second-order valence-corrected chi connectivity index (χ2v) is 5.52. The summed E-state index contributed by atoms with van der Waals surface area (Å²) in [5.74, 6) is 0.521. The van der Waals surface area contributed by atoms with Gasteiger partial charge in [0.1, 0.15) is 0 Å². The zero-order valence-corrected chi connectivity index (χ0v) is 11.2. The van der Waals surface area contributed by atoms with Gasteiger partial charge in [-0.25, -0.2) is 0 Å². The van der Waals surface area contributed by atoms with Crippen LogP contribution in [-0.4, -0.2) is 11.7 Å². The highest BCUT2D eigenvalue weighted by molar-refractivity contribution is 6.19. The van der Waals surface area contributed by atoms with E-state index in [1.165, 1.54) is 5.56 Å². The van der Waals surface area contributed by atoms with Gasteiger partial charge in [-0.3, -0.25) is 4.79 Å². The Hall–Kier alpha value is -0.820. The highest BCUT2D eigenvalue weighted by atomic mass is 35.5. The SMILES string of the molecule is Cc1cc(C(C)(C)C)ccc1C(=O)CCCl. The van der Waals surface area contributed by atoms with Crippen LogP contribution in [-0.2, 0) is 5.41 Å². The van der Waals surface area contributed by atoms with Crippen LogP contribution in [0.25, 0.3) is 0 Å². The summed E-state index contributed by atoms with van der Waals surface area (Å²) in [7, 11) is 0. The molecule has 0 amide bonds. The fourth-order valence-electron chi connectivity index (χ4n) is 1.66. The van der Waals surface area contributed by atoms with Crippen LogP contribution in [0.1, 0.15) is 48.7 Å². The summed E-state index contributed by atoms with van der Waals surface area (Å²) in [6, 6.07) is 6.06. The quantitative estimate of drug-likeness (QED) is 0.572. The first-order valence-corrected chi connectivity index (χ1v) is 6.10. The molecular weight excluding hydrogens is 220 g/mol. The van der Waals surface area contributed by atoms with Gasteiger partial charge < -0.3 is 0 Å². The molecule has 0 aromatic heterocycles. The van der Waals surface area contributed by atoms with Gasteiger partial charge in [-0.1, -0.05) is 39.0 Å². The highest BCUT2D eigenvalue weighted by Gasteiger charge is 2.16. The van der Waals surface area contributed by atoms with E-state index in [4.69, 9.17) is 11.6 Å². The van der Waals surface area contributed by atoms with Crippen LogP contribution < -0.4 is 0 Å². The van der Waals surface area contributed by atoms with Crippen LogP contribution in [0.5, 0.6) is 0 Å². The summed E-state index contributed by atoms with van der Waals surface area (Å²) < 4.78 is 0. The fraction of sp³-hybridized carbons (Fsp3) is 0.500. The normalized spacial score (nSPS) is 11.6. The number of hydrogen-bond acceptors (Lipinski definition) is 1. The number of benzene rings is 1. The van der Waals surface area contributed by atoms with Crippen LogP contribution in [0.4, 0.5) is 0 Å². The van der Waals surface area contributed by atoms with E-state index in [-0.39, 0.29) is 11.2 Å². The summed E-state index contributed by atoms with van der Waals surface area (Å²) in [4.78, 5) is 11.7. The zero-order chi connectivity index (χ0) is 12.3. The van der Waals surface area contributed by atoms with Crippen LogP contribution >= 0.6 is 11.6 Å². The fourth-order valence-corrected chi connectivity index (χ4v) is 1.84. The maximum absolute atomic E-state index is 11.7. The molecule has 0 spiro atoms. The van der Waals surface area contributed by atoms with Gasteiger partial charge in [0.2, 0.25) is 0 Å². The minimum atomic E-state index is 0.124. The van der Waals surface area contributed by atoms with E-state index in [9.17, 15) is 4.79 Å². The van der Waals surface area contributed by atoms with Crippen molar-refractivity contribution < 1.29 is 4.79 Å². The van der Waals surface area contributed by atoms with E-state index < -0.39 is 0 Å². The average Bonchev–Trinajstić information content (AvgIpc) is 2.16. The van der Waals surface area contributed by atoms with E-state index in [2.05, 4.69) is 26.8 Å². The number of aryl methyl sites for hydroxylation is 1. The molecule has 0 heterocycles. The van der Waals surface area contributed by atoms with E-state index in [0.29, 0.717) is 12.3 Å². The predicted molar refractivity (Wildman–Crippen MR) is 69.5 cm³/mol. The summed E-state index contributed by atoms with van der Waals surface area (Å²) >= 11 is 5.58. The molecule has 1 aromatic carbocycles. The summed E-state index contributed by atoms with van der Waals surface area (Å²) in [6.07, 6.45) is 0.414. The zero-order valence-electron chi connectivity index (χ0n) is 10.4. The minimum Gasteiger partial charge on any atom is -0.294 e. The Labute approximate surface area is 103 Å². The van der Waals surface area contributed by atoms with Crippen molar-refractivity contribution in [3.05, 3.63) is 34.9 Å². The van der Waals surface area contributed by atoms with Gasteiger partial charge in [0, 0.05) is 17.9 Å². The van der Waals surface area contributed by atoms with Gasteiger partial charge in [0.25, 0.3) is 0 Å². The lowest BCUT2D eigenvalue weighted by Gasteiger charge is -2.20. The maximum Gasteiger partial charge on any atom is 0.164 e. The van der Waals surface area contributed by atoms with Crippen LogP contribution in [0.2, 0.25) is 0 Å². The van der Waals surface area contributed by atoms with E-state index in [1.54, 1.807) is 0 Å². The van der Waals surface area contributed by atoms with Gasteiger partial charge in [0.05, 0.1) is 0 Å². The van der Waals surface area contributed by atoms with Crippen LogP contribution in [0.15, 0.2) is 18.2 Å². The summed E-state index contributed by atoms with van der Waals surface area (Å²) in [5, 5.41) is 0. The average molecular weight is 239 g/mol. The molecule has 0 saturated carbocycles. The molecule has 2 heteroatoms. The standard InChI is InChI=1S/C14H19ClO/c1-10-9-11(14(2,3)4)5-6-12(10)13(16)7-8-15/h5-6,9H,7-8H2,1-4H3. The second kappa shape index (κ2) is 5.01. The first-order chi connectivity index (χ1) is 7.36. The monoisotopic (exact) mass is 238 g/mol. The van der Waals surface area contributed by atoms with Gasteiger partial charge in [-0.2, -0.15) is 0 Å². The molecule has 16 heavy (non-hydrogen) atoms. The lowest BCUT2D eigenvalue weighted by Crippen LogP contribution is -2.12. The molecule has 0 atom stereocenters. The topological polar surface area (TPSA) is 17.1 Å². The first kappa shape index (κ1) is 13.2. The Kier molecular flexibility index (Phi) is 4.15. The van der Waals surface area contributed by atoms with Crippen molar-refractivity contribution >= 4 is 17.4 Å². The van der Waals surface area contributed by atoms with Crippen LogP contribution in [0, 0.1) is 6.92 Å². The second-order valence-electron chi connectivity index (χ2n) is 5.14. The largest absolute Gasteiger partial charge is 0.294 e. The Morgan fingerprint density at radius 2 is 1.94 bits per heavy atom. The number of alkyl halides is 1. The number of carbonyl (C=O) groups is 1. The Morgan fingerprint density at radius 3 is 2.38 bits per heavy atom. The Morgan fingerprint density at radius 1 is 1.31 bits per heavy atom. The van der Waals surface area contributed by atoms with Crippen molar-refractivity contribution in [1.29, 1.82) is 0 Å². The predicted octanol–water partition coefficient (Wildman–Crippen LogP) is 4.10. The number of ketones is 1. The Balaban J connectivity index is 3.05. The molecule has 0 unspecified atom stereocenters. The van der Waals surface area contributed by atoms with Crippen molar-refractivity contribution in [3.63, 3.8) is 0 Å². The molecule has 1 rings (SSSR count). The van der Waals surface area contributed by atoms with Crippen molar-refractivity contribution in [2.24, 2.45) is 0 Å². The van der Waals surface area contributed by atoms with E-state index in [1.807, 2.05) is 19.1 Å². The molecule has 0 N–H and O–H groups in total. The van der Waals surface area contributed by atoms with Crippen molar-refractivity contribution in [2.75, 3.05) is 5.88 Å². The summed E-state index contributed by atoms with van der Waals surface area (Å²) in [5.41, 5.74) is 3.22. The lowest BCUT2D eigenvalue weighted by molar-refractivity contribution is 0.0988. The third kappa shape index (κ3) is 3.08. The van der Waals surface area contributed by atoms with Crippen LogP contribution in [0.3, 0.4) is 0 Å². The third-order valence-electron chi connectivity index (χ3n) is 2.71. The lowest BCUT2D eigenvalue weighted by atomic mass is 9.85. The smallest absolute Gasteiger partial charge is 0.164 e. The Bertz CT molecular complexity index is 388. The molecule has 88 valence electrons. The molecule has 0 aliphatic rings. The van der Waals surface area contributed by atoms with E-state index >= 15 is 0 Å². The molecule has 0 saturated heterocycles. The number of Topliss-reactive ketones (excluding diaryl/α,β-unsaturated/α-hetero) is 1. The van der Waals surface area contributed by atoms with Gasteiger partial charge in [0.15, 0.2) is 5.78 Å². The molecule has 0 bridgehead atoms. The van der Waals surface area contributed by atoms with Gasteiger partial charge in [-0.05, 0) is 23.5 Å².